The van der Waals surface area contributed by atoms with Crippen molar-refractivity contribution in [1.29, 1.82) is 0 Å². The third-order valence-electron chi connectivity index (χ3n) is 4.24. The molecule has 2 aromatic carbocycles. The molecule has 5 nitrogen and oxygen atoms in total. The summed E-state index contributed by atoms with van der Waals surface area (Å²) in [6.07, 6.45) is 5.79. The Hall–Kier alpha value is -3.05. The van der Waals surface area contributed by atoms with Gasteiger partial charge >= 0.3 is 0 Å². The van der Waals surface area contributed by atoms with E-state index in [2.05, 4.69) is 15.3 Å². The fourth-order valence-corrected chi connectivity index (χ4v) is 3.07. The molecule has 2 heterocycles. The van der Waals surface area contributed by atoms with E-state index in [0.29, 0.717) is 23.0 Å². The van der Waals surface area contributed by atoms with Crippen molar-refractivity contribution in [3.63, 3.8) is 0 Å². The molecule has 0 bridgehead atoms. The summed E-state index contributed by atoms with van der Waals surface area (Å²) in [5, 5.41) is 4.73. The number of fused-ring (bicyclic) bond motifs is 1. The van der Waals surface area contributed by atoms with Crippen molar-refractivity contribution in [3.05, 3.63) is 77.3 Å². The van der Waals surface area contributed by atoms with Crippen molar-refractivity contribution >= 4 is 28.4 Å². The molecule has 1 amide bonds. The van der Waals surface area contributed by atoms with E-state index in [1.807, 2.05) is 36.5 Å². The fraction of sp³-hybridized carbons (Fsp3) is 0.100. The van der Waals surface area contributed by atoms with Crippen LogP contribution in [0.5, 0.6) is 0 Å². The van der Waals surface area contributed by atoms with Gasteiger partial charge < -0.3 is 14.7 Å². The number of amides is 1. The number of hydrogen-bond donors (Lipinski definition) is 2. The monoisotopic (exact) mass is 365 g/mol. The van der Waals surface area contributed by atoms with Crippen LogP contribution < -0.4 is 5.32 Å². The number of hydrogen-bond acceptors (Lipinski definition) is 3. The molecular weight excluding hydrogens is 350 g/mol. The molecule has 0 unspecified atom stereocenters. The molecule has 130 valence electrons. The van der Waals surface area contributed by atoms with Gasteiger partial charge in [0.25, 0.3) is 5.91 Å². The Morgan fingerprint density at radius 1 is 1.19 bits per heavy atom. The van der Waals surface area contributed by atoms with Crippen molar-refractivity contribution in [3.8, 4) is 11.5 Å². The highest BCUT2D eigenvalue weighted by molar-refractivity contribution is 6.31. The number of oxazole rings is 1. The highest BCUT2D eigenvalue weighted by Gasteiger charge is 2.09. The van der Waals surface area contributed by atoms with Gasteiger partial charge in [0.15, 0.2) is 0 Å². The van der Waals surface area contributed by atoms with Crippen LogP contribution in [0.25, 0.3) is 22.4 Å². The number of benzene rings is 2. The summed E-state index contributed by atoms with van der Waals surface area (Å²) in [4.78, 5) is 19.6. The molecule has 0 atom stereocenters. The summed E-state index contributed by atoms with van der Waals surface area (Å²) in [6.45, 7) is 0.541. The third-order valence-corrected chi connectivity index (χ3v) is 4.47. The number of carbonyl (C=O) groups excluding carboxylic acids is 1. The van der Waals surface area contributed by atoms with Gasteiger partial charge in [-0.2, -0.15) is 0 Å². The van der Waals surface area contributed by atoms with Crippen molar-refractivity contribution < 1.29 is 9.21 Å². The Balaban J connectivity index is 1.38. The Bertz CT molecular complexity index is 1040. The molecule has 6 heteroatoms. The topological polar surface area (TPSA) is 70.9 Å². The van der Waals surface area contributed by atoms with Gasteiger partial charge in [0.05, 0.1) is 6.20 Å². The summed E-state index contributed by atoms with van der Waals surface area (Å²) >= 11 is 6.07. The summed E-state index contributed by atoms with van der Waals surface area (Å²) in [5.74, 6) is 0.428. The van der Waals surface area contributed by atoms with Gasteiger partial charge in [-0.1, -0.05) is 11.6 Å². The van der Waals surface area contributed by atoms with E-state index in [4.69, 9.17) is 16.0 Å². The van der Waals surface area contributed by atoms with Crippen LogP contribution in [0.15, 0.2) is 65.5 Å². The molecule has 4 rings (SSSR count). The van der Waals surface area contributed by atoms with Crippen LogP contribution in [-0.4, -0.2) is 22.4 Å². The lowest BCUT2D eigenvalue weighted by Gasteiger charge is -2.05. The Morgan fingerprint density at radius 2 is 2.04 bits per heavy atom. The zero-order valence-corrected chi connectivity index (χ0v) is 14.6. The smallest absolute Gasteiger partial charge is 0.251 e. The number of aromatic nitrogens is 2. The second-order valence-corrected chi connectivity index (χ2v) is 6.36. The quantitative estimate of drug-likeness (QED) is 0.549. The number of halogens is 1. The molecule has 2 N–H and O–H groups in total. The number of aromatic amines is 1. The van der Waals surface area contributed by atoms with Crippen LogP contribution in [0.3, 0.4) is 0 Å². The van der Waals surface area contributed by atoms with Crippen LogP contribution in [0, 0.1) is 0 Å². The molecule has 0 saturated carbocycles. The lowest BCUT2D eigenvalue weighted by molar-refractivity contribution is 0.0954. The van der Waals surface area contributed by atoms with Gasteiger partial charge in [0.1, 0.15) is 6.26 Å². The molecule has 2 aromatic heterocycles. The van der Waals surface area contributed by atoms with Gasteiger partial charge in [-0.15, -0.1) is 0 Å². The highest BCUT2D eigenvalue weighted by Crippen LogP contribution is 2.22. The summed E-state index contributed by atoms with van der Waals surface area (Å²) in [7, 11) is 0. The first-order valence-electron chi connectivity index (χ1n) is 8.24. The van der Waals surface area contributed by atoms with Gasteiger partial charge in [-0.3, -0.25) is 4.79 Å². The SMILES string of the molecule is O=C(NCCc1c[nH]c2ccc(Cl)cc12)c1ccc(-c2ncco2)cc1. The van der Waals surface area contributed by atoms with E-state index in [1.54, 1.807) is 18.3 Å². The summed E-state index contributed by atoms with van der Waals surface area (Å²) in [6, 6.07) is 12.9. The minimum atomic E-state index is -0.109. The van der Waals surface area contributed by atoms with Crippen molar-refractivity contribution in [2.75, 3.05) is 6.54 Å². The van der Waals surface area contributed by atoms with E-state index < -0.39 is 0 Å². The number of carbonyl (C=O) groups is 1. The van der Waals surface area contributed by atoms with Crippen LogP contribution in [-0.2, 0) is 6.42 Å². The van der Waals surface area contributed by atoms with Gasteiger partial charge in [-0.05, 0) is 54.4 Å². The molecule has 0 fully saturated rings. The minimum absolute atomic E-state index is 0.109. The molecule has 0 aliphatic heterocycles. The molecule has 0 aliphatic carbocycles. The molecule has 0 saturated heterocycles. The first-order valence-corrected chi connectivity index (χ1v) is 8.62. The van der Waals surface area contributed by atoms with Crippen molar-refractivity contribution in [2.45, 2.75) is 6.42 Å². The minimum Gasteiger partial charge on any atom is -0.445 e. The van der Waals surface area contributed by atoms with Gasteiger partial charge in [0.2, 0.25) is 5.89 Å². The van der Waals surface area contributed by atoms with Crippen LogP contribution in [0.1, 0.15) is 15.9 Å². The number of rotatable bonds is 5. The van der Waals surface area contributed by atoms with E-state index in [1.165, 1.54) is 6.26 Å². The molecular formula is C20H16ClN3O2. The van der Waals surface area contributed by atoms with Crippen LogP contribution >= 0.6 is 11.6 Å². The number of nitrogens with zero attached hydrogens (tertiary/aromatic N) is 1. The summed E-state index contributed by atoms with van der Waals surface area (Å²) in [5.41, 5.74) is 3.60. The predicted octanol–water partition coefficient (Wildman–Crippen LogP) is 4.45. The fourth-order valence-electron chi connectivity index (χ4n) is 2.90. The van der Waals surface area contributed by atoms with Crippen molar-refractivity contribution in [1.82, 2.24) is 15.3 Å². The third kappa shape index (κ3) is 3.34. The molecule has 0 spiro atoms. The lowest BCUT2D eigenvalue weighted by Crippen LogP contribution is -2.25. The molecule has 4 aromatic rings. The van der Waals surface area contributed by atoms with E-state index in [-0.39, 0.29) is 5.91 Å². The number of H-pyrrole nitrogens is 1. The Labute approximate surface area is 155 Å². The predicted molar refractivity (Wildman–Crippen MR) is 101 cm³/mol. The maximum absolute atomic E-state index is 12.3. The zero-order chi connectivity index (χ0) is 17.9. The molecule has 0 aliphatic rings. The number of nitrogens with one attached hydrogen (secondary N) is 2. The van der Waals surface area contributed by atoms with Crippen LogP contribution in [0.4, 0.5) is 0 Å². The molecule has 0 radical (unpaired) electrons. The second-order valence-electron chi connectivity index (χ2n) is 5.92. The average Bonchev–Trinajstić information content (AvgIpc) is 3.32. The zero-order valence-electron chi connectivity index (χ0n) is 13.8. The van der Waals surface area contributed by atoms with E-state index in [0.717, 1.165) is 28.5 Å². The first kappa shape index (κ1) is 16.4. The standard InChI is InChI=1S/C20H16ClN3O2/c21-16-5-6-18-17(11-16)15(12-24-18)7-8-22-19(25)13-1-3-14(4-2-13)20-23-9-10-26-20/h1-6,9-12,24H,7-8H2,(H,22,25). The van der Waals surface area contributed by atoms with Crippen molar-refractivity contribution in [2.24, 2.45) is 0 Å². The Morgan fingerprint density at radius 3 is 2.81 bits per heavy atom. The lowest BCUT2D eigenvalue weighted by atomic mass is 10.1. The second kappa shape index (κ2) is 7.06. The maximum Gasteiger partial charge on any atom is 0.251 e. The van der Waals surface area contributed by atoms with Gasteiger partial charge in [-0.25, -0.2) is 4.98 Å². The van der Waals surface area contributed by atoms with Gasteiger partial charge in [0, 0.05) is 39.8 Å². The van der Waals surface area contributed by atoms with Crippen LogP contribution in [0.2, 0.25) is 5.02 Å². The largest absolute Gasteiger partial charge is 0.445 e. The average molecular weight is 366 g/mol. The van der Waals surface area contributed by atoms with E-state index in [9.17, 15) is 4.79 Å². The highest BCUT2D eigenvalue weighted by atomic mass is 35.5. The molecule has 26 heavy (non-hydrogen) atoms. The Kier molecular flexibility index (Phi) is 4.46. The normalized spacial score (nSPS) is 11.0. The van der Waals surface area contributed by atoms with E-state index >= 15 is 0 Å². The maximum atomic E-state index is 12.3. The first-order chi connectivity index (χ1) is 12.7. The summed E-state index contributed by atoms with van der Waals surface area (Å²) < 4.78 is 5.25.